The lowest BCUT2D eigenvalue weighted by molar-refractivity contribution is -0.121. The zero-order valence-electron chi connectivity index (χ0n) is 12.0. The highest BCUT2D eigenvalue weighted by atomic mass is 35.5. The third kappa shape index (κ3) is 4.19. The van der Waals surface area contributed by atoms with Crippen LogP contribution in [0.25, 0.3) is 10.8 Å². The largest absolute Gasteiger partial charge is 0.356 e. The Kier molecular flexibility index (Phi) is 5.59. The van der Waals surface area contributed by atoms with Crippen molar-refractivity contribution in [3.05, 3.63) is 48.0 Å². The van der Waals surface area contributed by atoms with E-state index in [1.807, 2.05) is 12.1 Å². The number of rotatable bonds is 5. The van der Waals surface area contributed by atoms with Gasteiger partial charge in [0.25, 0.3) is 0 Å². The van der Waals surface area contributed by atoms with Gasteiger partial charge >= 0.3 is 0 Å². The molecule has 2 N–H and O–H groups in total. The van der Waals surface area contributed by atoms with Crippen LogP contribution in [0, 0.1) is 5.92 Å². The van der Waals surface area contributed by atoms with E-state index < -0.39 is 0 Å². The van der Waals surface area contributed by atoms with Gasteiger partial charge in [-0.3, -0.25) is 4.79 Å². The van der Waals surface area contributed by atoms with Gasteiger partial charge in [0.1, 0.15) is 0 Å². The summed E-state index contributed by atoms with van der Waals surface area (Å²) in [5, 5.41) is 8.71. The van der Waals surface area contributed by atoms with Crippen molar-refractivity contribution in [2.75, 3.05) is 19.6 Å². The fraction of sp³-hybridized carbons (Fsp3) is 0.353. The Hall–Kier alpha value is -1.58. The molecular formula is C17H21ClN2O. The number of amides is 1. The topological polar surface area (TPSA) is 41.1 Å². The molecule has 0 aliphatic carbocycles. The zero-order chi connectivity index (χ0) is 13.8. The summed E-state index contributed by atoms with van der Waals surface area (Å²) >= 11 is 0. The van der Waals surface area contributed by atoms with Crippen molar-refractivity contribution in [3.8, 4) is 0 Å². The molecule has 0 radical (unpaired) electrons. The summed E-state index contributed by atoms with van der Waals surface area (Å²) in [4.78, 5) is 11.8. The number of carbonyl (C=O) groups is 1. The van der Waals surface area contributed by atoms with Crippen molar-refractivity contribution in [3.63, 3.8) is 0 Å². The molecule has 1 amide bonds. The third-order valence-electron chi connectivity index (χ3n) is 3.91. The second-order valence-electron chi connectivity index (χ2n) is 5.51. The van der Waals surface area contributed by atoms with E-state index in [2.05, 4.69) is 41.0 Å². The van der Waals surface area contributed by atoms with Crippen molar-refractivity contribution < 1.29 is 4.79 Å². The fourth-order valence-electron chi connectivity index (χ4n) is 2.49. The summed E-state index contributed by atoms with van der Waals surface area (Å²) < 4.78 is 0. The van der Waals surface area contributed by atoms with Crippen LogP contribution in [0.1, 0.15) is 12.0 Å². The minimum absolute atomic E-state index is 0. The third-order valence-corrected chi connectivity index (χ3v) is 3.91. The van der Waals surface area contributed by atoms with Crippen molar-refractivity contribution >= 4 is 29.1 Å². The van der Waals surface area contributed by atoms with Gasteiger partial charge in [0, 0.05) is 32.0 Å². The Morgan fingerprint density at radius 3 is 2.62 bits per heavy atom. The lowest BCUT2D eigenvalue weighted by atomic mass is 10.0. The zero-order valence-corrected chi connectivity index (χ0v) is 12.8. The van der Waals surface area contributed by atoms with Gasteiger partial charge in [0.15, 0.2) is 0 Å². The van der Waals surface area contributed by atoms with Gasteiger partial charge in [-0.25, -0.2) is 0 Å². The van der Waals surface area contributed by atoms with Crippen LogP contribution in [-0.2, 0) is 11.2 Å². The average molecular weight is 305 g/mol. The number of nitrogens with one attached hydrogen (secondary N) is 2. The molecule has 0 saturated carbocycles. The van der Waals surface area contributed by atoms with E-state index in [1.54, 1.807) is 0 Å². The molecule has 0 spiro atoms. The Bertz CT molecular complexity index is 611. The van der Waals surface area contributed by atoms with Crippen molar-refractivity contribution in [2.24, 2.45) is 5.92 Å². The smallest absolute Gasteiger partial charge is 0.220 e. The van der Waals surface area contributed by atoms with Crippen molar-refractivity contribution in [2.45, 2.75) is 12.8 Å². The normalized spacial score (nSPS) is 14.3. The van der Waals surface area contributed by atoms with Crippen molar-refractivity contribution in [1.29, 1.82) is 0 Å². The van der Waals surface area contributed by atoms with Crippen LogP contribution in [0.2, 0.25) is 0 Å². The molecule has 1 heterocycles. The number of halogens is 1. The number of benzene rings is 2. The fourth-order valence-corrected chi connectivity index (χ4v) is 2.49. The summed E-state index contributed by atoms with van der Waals surface area (Å²) in [5.74, 6) is 0.782. The molecule has 2 aromatic rings. The molecule has 1 fully saturated rings. The van der Waals surface area contributed by atoms with Gasteiger partial charge in [-0.05, 0) is 22.8 Å². The lowest BCUT2D eigenvalue weighted by Crippen LogP contribution is -2.48. The van der Waals surface area contributed by atoms with Crippen LogP contribution in [0.3, 0.4) is 0 Å². The van der Waals surface area contributed by atoms with Gasteiger partial charge in [-0.15, -0.1) is 12.4 Å². The molecule has 0 unspecified atom stereocenters. The van der Waals surface area contributed by atoms with Gasteiger partial charge in [-0.1, -0.05) is 42.5 Å². The molecule has 21 heavy (non-hydrogen) atoms. The lowest BCUT2D eigenvalue weighted by Gasteiger charge is -2.27. The molecule has 4 heteroatoms. The van der Waals surface area contributed by atoms with Crippen LogP contribution in [0.5, 0.6) is 0 Å². The number of hydrogen-bond acceptors (Lipinski definition) is 2. The van der Waals surface area contributed by atoms with E-state index in [0.717, 1.165) is 26.1 Å². The highest BCUT2D eigenvalue weighted by Gasteiger charge is 2.16. The van der Waals surface area contributed by atoms with Crippen LogP contribution >= 0.6 is 12.4 Å². The maximum absolute atomic E-state index is 11.8. The van der Waals surface area contributed by atoms with E-state index in [1.165, 1.54) is 16.3 Å². The van der Waals surface area contributed by atoms with E-state index in [-0.39, 0.29) is 18.3 Å². The van der Waals surface area contributed by atoms with Crippen LogP contribution < -0.4 is 10.6 Å². The summed E-state index contributed by atoms with van der Waals surface area (Å²) in [6.45, 7) is 2.87. The highest BCUT2D eigenvalue weighted by Crippen LogP contribution is 2.16. The van der Waals surface area contributed by atoms with Gasteiger partial charge in [0.05, 0.1) is 0 Å². The number of hydrogen-bond donors (Lipinski definition) is 2. The number of carbonyl (C=O) groups excluding carboxylic acids is 1. The molecule has 0 aromatic heterocycles. The molecule has 0 bridgehead atoms. The predicted octanol–water partition coefficient (Wildman–Crippen LogP) is 2.53. The van der Waals surface area contributed by atoms with Crippen LogP contribution in [-0.4, -0.2) is 25.5 Å². The molecule has 1 saturated heterocycles. The molecule has 1 aliphatic heterocycles. The quantitative estimate of drug-likeness (QED) is 0.891. The Balaban J connectivity index is 0.00000161. The van der Waals surface area contributed by atoms with E-state index in [4.69, 9.17) is 0 Å². The van der Waals surface area contributed by atoms with Crippen LogP contribution in [0.15, 0.2) is 42.5 Å². The SMILES string of the molecule is Cl.O=C(CCc1ccc2ccccc2c1)NCC1CNC1. The van der Waals surface area contributed by atoms with E-state index >= 15 is 0 Å². The summed E-state index contributed by atoms with van der Waals surface area (Å²) in [6.07, 6.45) is 1.37. The number of aryl methyl sites for hydroxylation is 1. The molecule has 1 aliphatic rings. The number of fused-ring (bicyclic) bond motifs is 1. The molecule has 0 atom stereocenters. The first kappa shape index (κ1) is 15.8. The Morgan fingerprint density at radius 2 is 1.90 bits per heavy atom. The van der Waals surface area contributed by atoms with E-state index in [0.29, 0.717) is 12.3 Å². The van der Waals surface area contributed by atoms with Crippen LogP contribution in [0.4, 0.5) is 0 Å². The standard InChI is InChI=1S/C17H20N2O.ClH/c20-17(19-12-14-10-18-11-14)8-6-13-5-7-15-3-1-2-4-16(15)9-13;/h1-5,7,9,14,18H,6,8,10-12H2,(H,19,20);1H. The summed E-state index contributed by atoms with van der Waals surface area (Å²) in [6, 6.07) is 14.7. The van der Waals surface area contributed by atoms with Gasteiger partial charge < -0.3 is 10.6 Å². The van der Waals surface area contributed by atoms with Crippen molar-refractivity contribution in [1.82, 2.24) is 10.6 Å². The summed E-state index contributed by atoms with van der Waals surface area (Å²) in [5.41, 5.74) is 1.23. The molecular weight excluding hydrogens is 284 g/mol. The van der Waals surface area contributed by atoms with E-state index in [9.17, 15) is 4.79 Å². The molecule has 2 aromatic carbocycles. The summed E-state index contributed by atoms with van der Waals surface area (Å²) in [7, 11) is 0. The van der Waals surface area contributed by atoms with Gasteiger partial charge in [0.2, 0.25) is 5.91 Å². The Morgan fingerprint density at radius 1 is 1.14 bits per heavy atom. The molecule has 112 valence electrons. The molecule has 3 nitrogen and oxygen atoms in total. The monoisotopic (exact) mass is 304 g/mol. The first-order valence-electron chi connectivity index (χ1n) is 7.26. The second-order valence-corrected chi connectivity index (χ2v) is 5.51. The average Bonchev–Trinajstić information content (AvgIpc) is 2.43. The minimum atomic E-state index is 0. The maximum atomic E-state index is 11.8. The van der Waals surface area contributed by atoms with Gasteiger partial charge in [-0.2, -0.15) is 0 Å². The molecule has 3 rings (SSSR count). The minimum Gasteiger partial charge on any atom is -0.356 e. The first-order chi connectivity index (χ1) is 9.81. The maximum Gasteiger partial charge on any atom is 0.220 e. The highest BCUT2D eigenvalue weighted by molar-refractivity contribution is 5.85. The first-order valence-corrected chi connectivity index (χ1v) is 7.26. The predicted molar refractivity (Wildman–Crippen MR) is 88.9 cm³/mol. The Labute approximate surface area is 131 Å². The second kappa shape index (κ2) is 7.43.